The molecule has 1 amide bonds. The van der Waals surface area contributed by atoms with Crippen LogP contribution < -0.4 is 0 Å². The summed E-state index contributed by atoms with van der Waals surface area (Å²) in [6.45, 7) is 7.01. The van der Waals surface area contributed by atoms with Crippen LogP contribution in [0.3, 0.4) is 0 Å². The first-order valence-corrected chi connectivity index (χ1v) is 9.03. The summed E-state index contributed by atoms with van der Waals surface area (Å²) in [4.78, 5) is 17.0. The number of carbonyl (C=O) groups excluding carboxylic acids is 1. The maximum atomic E-state index is 14.1. The molecule has 0 saturated heterocycles. The van der Waals surface area contributed by atoms with Crippen LogP contribution >= 0.6 is 0 Å². The van der Waals surface area contributed by atoms with Crippen LogP contribution in [0.4, 0.5) is 4.39 Å². The van der Waals surface area contributed by atoms with Gasteiger partial charge in [-0.3, -0.25) is 9.69 Å². The van der Waals surface area contributed by atoms with E-state index in [9.17, 15) is 9.18 Å². The fourth-order valence-electron chi connectivity index (χ4n) is 4.34. The molecule has 3 heterocycles. The van der Waals surface area contributed by atoms with Crippen LogP contribution in [-0.2, 0) is 11.3 Å². The van der Waals surface area contributed by atoms with Gasteiger partial charge in [0.05, 0.1) is 17.5 Å². The number of amides is 1. The van der Waals surface area contributed by atoms with E-state index in [-0.39, 0.29) is 23.7 Å². The molecule has 2 atom stereocenters. The maximum absolute atomic E-state index is 14.1. The molecule has 2 aliphatic rings. The number of nitrogens with zero attached hydrogens (tertiary/aromatic N) is 3. The van der Waals surface area contributed by atoms with Gasteiger partial charge in [0.25, 0.3) is 0 Å². The Morgan fingerprint density at radius 2 is 2.00 bits per heavy atom. The van der Waals surface area contributed by atoms with Gasteiger partial charge < -0.3 is 9.47 Å². The Hall–Kier alpha value is -2.14. The van der Waals surface area contributed by atoms with Crippen LogP contribution in [0.25, 0.3) is 16.5 Å². The molecule has 1 aromatic carbocycles. The van der Waals surface area contributed by atoms with E-state index < -0.39 is 0 Å². The number of likely N-dealkylation sites (N-methyl/N-ethyl adjacent to an activating group) is 1. The van der Waals surface area contributed by atoms with Crippen molar-refractivity contribution < 1.29 is 9.18 Å². The Balaban J connectivity index is 1.82. The molecule has 0 fully saturated rings. The van der Waals surface area contributed by atoms with Crippen LogP contribution in [0, 0.1) is 11.7 Å². The molecule has 4 nitrogen and oxygen atoms in total. The fraction of sp³-hybridized carbons (Fsp3) is 0.450. The lowest BCUT2D eigenvalue weighted by Gasteiger charge is -2.41. The molecule has 5 heteroatoms. The summed E-state index contributed by atoms with van der Waals surface area (Å²) in [5.74, 6) is -0.142. The molecule has 0 radical (unpaired) electrons. The van der Waals surface area contributed by atoms with Gasteiger partial charge in [-0.05, 0) is 44.7 Å². The van der Waals surface area contributed by atoms with Crippen LogP contribution in [0.1, 0.15) is 19.4 Å². The highest BCUT2D eigenvalue weighted by atomic mass is 19.1. The third kappa shape index (κ3) is 2.41. The predicted octanol–water partition coefficient (Wildman–Crippen LogP) is 2.98. The zero-order valence-corrected chi connectivity index (χ0v) is 15.0. The number of fused-ring (bicyclic) bond motifs is 2. The predicted molar refractivity (Wildman–Crippen MR) is 97.7 cm³/mol. The van der Waals surface area contributed by atoms with Gasteiger partial charge in [0, 0.05) is 43.3 Å². The largest absolute Gasteiger partial charge is 0.345 e. The summed E-state index contributed by atoms with van der Waals surface area (Å²) in [5.41, 5.74) is 3.17. The number of rotatable bonds is 3. The van der Waals surface area contributed by atoms with Crippen LogP contribution in [-0.4, -0.2) is 53.0 Å². The van der Waals surface area contributed by atoms with E-state index in [0.717, 1.165) is 42.8 Å². The van der Waals surface area contributed by atoms with Crippen LogP contribution in [0.5, 0.6) is 0 Å². The number of benzene rings is 1. The first kappa shape index (κ1) is 16.3. The van der Waals surface area contributed by atoms with Gasteiger partial charge in [0.15, 0.2) is 0 Å². The fourth-order valence-corrected chi connectivity index (χ4v) is 4.34. The van der Waals surface area contributed by atoms with Gasteiger partial charge in [-0.25, -0.2) is 4.39 Å². The number of hydrogen-bond acceptors (Lipinski definition) is 2. The molecule has 0 unspecified atom stereocenters. The van der Waals surface area contributed by atoms with Crippen molar-refractivity contribution in [2.75, 3.05) is 26.7 Å². The topological polar surface area (TPSA) is 28.5 Å². The van der Waals surface area contributed by atoms with E-state index in [4.69, 9.17) is 0 Å². The minimum atomic E-state index is -0.184. The smallest absolute Gasteiger partial charge is 0.230 e. The van der Waals surface area contributed by atoms with Crippen molar-refractivity contribution in [3.8, 4) is 0 Å². The van der Waals surface area contributed by atoms with Crippen molar-refractivity contribution in [2.45, 2.75) is 26.4 Å². The average molecular weight is 341 g/mol. The van der Waals surface area contributed by atoms with Gasteiger partial charge in [-0.15, -0.1) is 0 Å². The second-order valence-corrected chi connectivity index (χ2v) is 7.02. The van der Waals surface area contributed by atoms with E-state index in [1.54, 1.807) is 6.07 Å². The summed E-state index contributed by atoms with van der Waals surface area (Å²) in [5, 5.41) is 0.664. The Bertz CT molecular complexity index is 865. The number of halogens is 1. The highest BCUT2D eigenvalue weighted by Gasteiger charge is 2.36. The molecule has 132 valence electrons. The standard InChI is InChI=1S/C20H24FN3O/c1-4-23(5-2)20(25)13-10-16-14-6-7-17(21)15-8-9-24(19(14)15)12-18(16)22(3)11-13/h6-10,13,18H,4-5,11-12H2,1-3H3/t13-,18-/m0/s1. The van der Waals surface area contributed by atoms with Gasteiger partial charge in [-0.1, -0.05) is 6.08 Å². The lowest BCUT2D eigenvalue weighted by Crippen LogP contribution is -2.48. The molecule has 1 aromatic heterocycles. The number of carbonyl (C=O) groups is 1. The van der Waals surface area contributed by atoms with Crippen molar-refractivity contribution in [1.82, 2.24) is 14.4 Å². The van der Waals surface area contributed by atoms with Crippen molar-refractivity contribution in [3.05, 3.63) is 41.9 Å². The second kappa shape index (κ2) is 5.99. The zero-order chi connectivity index (χ0) is 17.7. The summed E-state index contributed by atoms with van der Waals surface area (Å²) in [7, 11) is 2.08. The van der Waals surface area contributed by atoms with Crippen molar-refractivity contribution in [1.29, 1.82) is 0 Å². The summed E-state index contributed by atoms with van der Waals surface area (Å²) >= 11 is 0. The minimum Gasteiger partial charge on any atom is -0.345 e. The molecule has 2 aromatic rings. The van der Waals surface area contributed by atoms with E-state index in [1.807, 2.05) is 37.1 Å². The number of hydrogen-bond donors (Lipinski definition) is 0. The first-order valence-electron chi connectivity index (χ1n) is 9.03. The summed E-state index contributed by atoms with van der Waals surface area (Å²) in [6, 6.07) is 5.49. The monoisotopic (exact) mass is 341 g/mol. The summed E-state index contributed by atoms with van der Waals surface area (Å²) < 4.78 is 16.3. The van der Waals surface area contributed by atoms with E-state index in [2.05, 4.69) is 22.6 Å². The van der Waals surface area contributed by atoms with Gasteiger partial charge in [-0.2, -0.15) is 0 Å². The SMILES string of the molecule is CCN(CC)C(=O)[C@H]1C=C2c3ccc(F)c4ccn(c34)C[C@@H]2N(C)C1. The molecule has 0 saturated carbocycles. The molecule has 0 spiro atoms. The van der Waals surface area contributed by atoms with Gasteiger partial charge in [0.1, 0.15) is 5.82 Å². The lowest BCUT2D eigenvalue weighted by molar-refractivity contribution is -0.134. The average Bonchev–Trinajstić information content (AvgIpc) is 3.04. The quantitative estimate of drug-likeness (QED) is 0.859. The third-order valence-electron chi connectivity index (χ3n) is 5.70. The van der Waals surface area contributed by atoms with Crippen molar-refractivity contribution in [3.63, 3.8) is 0 Å². The molecular weight excluding hydrogens is 317 g/mol. The lowest BCUT2D eigenvalue weighted by atomic mass is 9.85. The van der Waals surface area contributed by atoms with E-state index in [0.29, 0.717) is 5.39 Å². The maximum Gasteiger partial charge on any atom is 0.230 e. The highest BCUT2D eigenvalue weighted by Crippen LogP contribution is 2.39. The Labute approximate surface area is 147 Å². The van der Waals surface area contributed by atoms with E-state index in [1.165, 1.54) is 0 Å². The number of aromatic nitrogens is 1. The van der Waals surface area contributed by atoms with Crippen molar-refractivity contribution >= 4 is 22.4 Å². The van der Waals surface area contributed by atoms with E-state index >= 15 is 0 Å². The molecule has 0 bridgehead atoms. The molecule has 0 N–H and O–H groups in total. The van der Waals surface area contributed by atoms with Crippen LogP contribution in [0.15, 0.2) is 30.5 Å². The zero-order valence-electron chi connectivity index (χ0n) is 15.0. The Morgan fingerprint density at radius 3 is 2.72 bits per heavy atom. The van der Waals surface area contributed by atoms with Crippen LogP contribution in [0.2, 0.25) is 0 Å². The molecule has 0 aliphatic carbocycles. The molecular formula is C20H24FN3O. The normalized spacial score (nSPS) is 22.6. The Kier molecular flexibility index (Phi) is 3.91. The first-order chi connectivity index (χ1) is 12.0. The minimum absolute atomic E-state index is 0.141. The van der Waals surface area contributed by atoms with Gasteiger partial charge >= 0.3 is 0 Å². The van der Waals surface area contributed by atoms with Gasteiger partial charge in [0.2, 0.25) is 5.91 Å². The second-order valence-electron chi connectivity index (χ2n) is 7.02. The van der Waals surface area contributed by atoms with Crippen molar-refractivity contribution in [2.24, 2.45) is 5.92 Å². The third-order valence-corrected chi connectivity index (χ3v) is 5.70. The molecule has 4 rings (SSSR count). The Morgan fingerprint density at radius 1 is 1.24 bits per heavy atom. The molecule has 25 heavy (non-hydrogen) atoms. The summed E-state index contributed by atoms with van der Waals surface area (Å²) in [6.07, 6.45) is 4.10. The molecule has 2 aliphatic heterocycles. The highest BCUT2D eigenvalue weighted by molar-refractivity contribution is 5.96.